The van der Waals surface area contributed by atoms with Gasteiger partial charge in [-0.05, 0) is 24.6 Å². The van der Waals surface area contributed by atoms with Gasteiger partial charge in [0.1, 0.15) is 10.4 Å². The van der Waals surface area contributed by atoms with Crippen LogP contribution in [-0.4, -0.2) is 36.8 Å². The molecule has 0 spiro atoms. The van der Waals surface area contributed by atoms with Crippen LogP contribution in [0.25, 0.3) is 6.08 Å². The van der Waals surface area contributed by atoms with Gasteiger partial charge in [-0.25, -0.2) is 4.79 Å². The molecule has 1 saturated heterocycles. The number of rotatable bonds is 4. The number of hydrogen-bond acceptors (Lipinski definition) is 4. The predicted molar refractivity (Wildman–Crippen MR) is 82.1 cm³/mol. The summed E-state index contributed by atoms with van der Waals surface area (Å²) >= 11 is 6.28. The lowest BCUT2D eigenvalue weighted by molar-refractivity contribution is -0.145. The second-order valence-electron chi connectivity index (χ2n) is 4.36. The Morgan fingerprint density at radius 3 is 2.80 bits per heavy atom. The van der Waals surface area contributed by atoms with Crippen molar-refractivity contribution in [3.05, 3.63) is 28.9 Å². The van der Waals surface area contributed by atoms with Gasteiger partial charge in [0.05, 0.1) is 4.91 Å². The number of thiocarbonyl (C=S) groups is 1. The lowest BCUT2D eigenvalue weighted by atomic mass is 10.2. The Morgan fingerprint density at radius 1 is 1.60 bits per heavy atom. The highest BCUT2D eigenvalue weighted by Crippen LogP contribution is 2.34. The van der Waals surface area contributed by atoms with E-state index in [1.807, 2.05) is 29.9 Å². The zero-order valence-electron chi connectivity index (χ0n) is 11.1. The summed E-state index contributed by atoms with van der Waals surface area (Å²) < 4.78 is 2.17. The maximum Gasteiger partial charge on any atom is 0.326 e. The summed E-state index contributed by atoms with van der Waals surface area (Å²) in [5.74, 6) is -1.38. The maximum atomic E-state index is 12.3. The molecule has 0 bridgehead atoms. The van der Waals surface area contributed by atoms with Crippen molar-refractivity contribution >= 4 is 46.3 Å². The Balaban J connectivity index is 2.32. The molecule has 0 aliphatic carbocycles. The molecule has 1 amide bonds. The number of carbonyl (C=O) groups is 2. The van der Waals surface area contributed by atoms with Crippen molar-refractivity contribution in [2.45, 2.75) is 19.4 Å². The number of aryl methyl sites for hydroxylation is 1. The first-order valence-electron chi connectivity index (χ1n) is 6.07. The molecule has 0 unspecified atom stereocenters. The zero-order chi connectivity index (χ0) is 14.9. The Hall–Kier alpha value is -1.60. The molecule has 2 heterocycles. The van der Waals surface area contributed by atoms with Gasteiger partial charge in [0.15, 0.2) is 0 Å². The minimum absolute atomic E-state index is 0.296. The summed E-state index contributed by atoms with van der Waals surface area (Å²) in [5, 5.41) is 9.17. The van der Waals surface area contributed by atoms with Crippen LogP contribution < -0.4 is 0 Å². The molecule has 1 fully saturated rings. The van der Waals surface area contributed by atoms with E-state index in [2.05, 4.69) is 0 Å². The third-order valence-electron chi connectivity index (χ3n) is 3.07. The molecule has 2 rings (SSSR count). The average Bonchev–Trinajstić information content (AvgIpc) is 2.89. The van der Waals surface area contributed by atoms with Crippen molar-refractivity contribution in [2.24, 2.45) is 7.05 Å². The largest absolute Gasteiger partial charge is 0.480 e. The highest BCUT2D eigenvalue weighted by atomic mass is 32.2. The molecule has 0 radical (unpaired) electrons. The van der Waals surface area contributed by atoms with Crippen molar-refractivity contribution in [3.8, 4) is 0 Å². The molecular weight excluding hydrogens is 296 g/mol. The topological polar surface area (TPSA) is 62.5 Å². The number of aliphatic carboxylic acids is 1. The van der Waals surface area contributed by atoms with Crippen LogP contribution in [0, 0.1) is 0 Å². The third-order valence-corrected chi connectivity index (χ3v) is 4.40. The fraction of sp³-hybridized carbons (Fsp3) is 0.308. The lowest BCUT2D eigenvalue weighted by Crippen LogP contribution is -2.43. The van der Waals surface area contributed by atoms with Gasteiger partial charge in [-0.1, -0.05) is 30.9 Å². The number of aromatic nitrogens is 1. The summed E-state index contributed by atoms with van der Waals surface area (Å²) in [5.41, 5.74) is 0.869. The standard InChI is InChI=1S/C13H14N2O3S2/c1-3-9(12(17)18)15-11(16)10(20-13(15)19)7-8-5-4-6-14(8)2/h4-7,9H,3H2,1-2H3,(H,17,18)/b10-7+/t9-/m1/s1. The van der Waals surface area contributed by atoms with E-state index in [9.17, 15) is 9.59 Å². The molecule has 0 aromatic carbocycles. The van der Waals surface area contributed by atoms with E-state index in [1.54, 1.807) is 13.0 Å². The number of carboxylic acid groups (broad SMARTS) is 1. The normalized spacial score (nSPS) is 18.9. The van der Waals surface area contributed by atoms with E-state index in [1.165, 1.54) is 4.90 Å². The molecule has 1 aliphatic heterocycles. The van der Waals surface area contributed by atoms with Crippen LogP contribution in [0.2, 0.25) is 0 Å². The molecule has 0 saturated carbocycles. The molecule has 1 N–H and O–H groups in total. The number of nitrogens with zero attached hydrogens (tertiary/aromatic N) is 2. The van der Waals surface area contributed by atoms with Crippen LogP contribution in [0.4, 0.5) is 0 Å². The van der Waals surface area contributed by atoms with Crippen molar-refractivity contribution in [1.29, 1.82) is 0 Å². The zero-order valence-corrected chi connectivity index (χ0v) is 12.7. The van der Waals surface area contributed by atoms with E-state index in [-0.39, 0.29) is 5.91 Å². The van der Waals surface area contributed by atoms with Gasteiger partial charge < -0.3 is 9.67 Å². The van der Waals surface area contributed by atoms with E-state index < -0.39 is 12.0 Å². The molecule has 1 aromatic heterocycles. The van der Waals surface area contributed by atoms with Gasteiger partial charge in [-0.15, -0.1) is 0 Å². The first-order valence-corrected chi connectivity index (χ1v) is 7.29. The molecule has 7 heteroatoms. The van der Waals surface area contributed by atoms with E-state index in [0.717, 1.165) is 17.5 Å². The van der Waals surface area contributed by atoms with Crippen LogP contribution in [0.5, 0.6) is 0 Å². The Bertz CT molecular complexity index is 607. The Labute approximate surface area is 126 Å². The van der Waals surface area contributed by atoms with Gasteiger partial charge in [0.2, 0.25) is 0 Å². The monoisotopic (exact) mass is 310 g/mol. The average molecular weight is 310 g/mol. The third kappa shape index (κ3) is 2.64. The first kappa shape index (κ1) is 14.8. The van der Waals surface area contributed by atoms with Crippen molar-refractivity contribution < 1.29 is 14.7 Å². The minimum atomic E-state index is -1.04. The molecule has 1 aliphatic rings. The second kappa shape index (κ2) is 5.80. The van der Waals surface area contributed by atoms with Gasteiger partial charge >= 0.3 is 5.97 Å². The molecule has 1 aromatic rings. The maximum absolute atomic E-state index is 12.3. The second-order valence-corrected chi connectivity index (χ2v) is 6.03. The fourth-order valence-electron chi connectivity index (χ4n) is 1.97. The smallest absolute Gasteiger partial charge is 0.326 e. The summed E-state index contributed by atoms with van der Waals surface area (Å²) in [4.78, 5) is 25.2. The van der Waals surface area contributed by atoms with E-state index in [0.29, 0.717) is 15.6 Å². The number of carbonyl (C=O) groups excluding carboxylic acids is 1. The molecule has 106 valence electrons. The Morgan fingerprint density at radius 2 is 2.30 bits per heavy atom. The van der Waals surface area contributed by atoms with Crippen LogP contribution in [0.15, 0.2) is 23.2 Å². The van der Waals surface area contributed by atoms with Crippen molar-refractivity contribution in [2.75, 3.05) is 0 Å². The van der Waals surface area contributed by atoms with Crippen LogP contribution in [0.1, 0.15) is 19.0 Å². The lowest BCUT2D eigenvalue weighted by Gasteiger charge is -2.21. The van der Waals surface area contributed by atoms with Gasteiger partial charge in [-0.2, -0.15) is 0 Å². The summed E-state index contributed by atoms with van der Waals surface area (Å²) in [6.45, 7) is 1.72. The quantitative estimate of drug-likeness (QED) is 0.681. The van der Waals surface area contributed by atoms with Gasteiger partial charge in [0, 0.05) is 18.9 Å². The van der Waals surface area contributed by atoms with Crippen molar-refractivity contribution in [1.82, 2.24) is 9.47 Å². The SMILES string of the molecule is CC[C@H](C(=O)O)N1C(=O)/C(=C\c2cccn2C)SC1=S. The number of thioether (sulfide) groups is 1. The summed E-state index contributed by atoms with van der Waals surface area (Å²) in [6, 6.07) is 2.85. The van der Waals surface area contributed by atoms with E-state index >= 15 is 0 Å². The minimum Gasteiger partial charge on any atom is -0.480 e. The predicted octanol–water partition coefficient (Wildman–Crippen LogP) is 2.09. The van der Waals surface area contributed by atoms with Crippen LogP contribution in [-0.2, 0) is 16.6 Å². The Kier molecular flexibility index (Phi) is 4.29. The highest BCUT2D eigenvalue weighted by molar-refractivity contribution is 8.26. The van der Waals surface area contributed by atoms with Crippen LogP contribution >= 0.6 is 24.0 Å². The summed E-state index contributed by atoms with van der Waals surface area (Å²) in [6.07, 6.45) is 3.92. The molecule has 1 atom stereocenters. The molecule has 20 heavy (non-hydrogen) atoms. The summed E-state index contributed by atoms with van der Waals surface area (Å²) in [7, 11) is 1.87. The van der Waals surface area contributed by atoms with Crippen molar-refractivity contribution in [3.63, 3.8) is 0 Å². The molecule has 5 nitrogen and oxygen atoms in total. The van der Waals surface area contributed by atoms with E-state index in [4.69, 9.17) is 17.3 Å². The van der Waals surface area contributed by atoms with Gasteiger partial charge in [0.25, 0.3) is 5.91 Å². The van der Waals surface area contributed by atoms with Gasteiger partial charge in [-0.3, -0.25) is 9.69 Å². The fourth-order valence-corrected chi connectivity index (χ4v) is 3.32. The number of hydrogen-bond donors (Lipinski definition) is 1. The number of amides is 1. The number of carboxylic acids is 1. The molecular formula is C13H14N2O3S2. The van der Waals surface area contributed by atoms with Crippen LogP contribution in [0.3, 0.4) is 0 Å². The first-order chi connectivity index (χ1) is 9.45. The highest BCUT2D eigenvalue weighted by Gasteiger charge is 2.39.